The number of hydrogen-bond donors (Lipinski definition) is 1. The Bertz CT molecular complexity index is 929. The molecule has 3 aromatic rings. The molecule has 5 nitrogen and oxygen atoms in total. The Morgan fingerprint density at radius 1 is 1.19 bits per heavy atom. The van der Waals surface area contributed by atoms with Gasteiger partial charge in [0.1, 0.15) is 23.1 Å². The molecular weight excluding hydrogens is 365 g/mol. The van der Waals surface area contributed by atoms with Gasteiger partial charge < -0.3 is 15.0 Å². The van der Waals surface area contributed by atoms with Crippen LogP contribution < -0.4 is 10.1 Å². The quantitative estimate of drug-likeness (QED) is 0.728. The Morgan fingerprint density at radius 2 is 2.04 bits per heavy atom. The Balaban J connectivity index is 1.50. The Morgan fingerprint density at radius 3 is 2.81 bits per heavy atom. The lowest BCUT2D eigenvalue weighted by molar-refractivity contribution is -0.133. The van der Waals surface area contributed by atoms with Gasteiger partial charge in [0.15, 0.2) is 6.61 Å². The van der Waals surface area contributed by atoms with E-state index in [2.05, 4.69) is 16.4 Å². The highest BCUT2D eigenvalue weighted by molar-refractivity contribution is 7.09. The van der Waals surface area contributed by atoms with Crippen molar-refractivity contribution >= 4 is 23.1 Å². The van der Waals surface area contributed by atoms with Gasteiger partial charge in [-0.1, -0.05) is 18.2 Å². The van der Waals surface area contributed by atoms with E-state index in [1.807, 2.05) is 23.6 Å². The highest BCUT2D eigenvalue weighted by Gasteiger charge is 2.23. The molecule has 0 atom stereocenters. The molecule has 0 bridgehead atoms. The van der Waals surface area contributed by atoms with Gasteiger partial charge in [0, 0.05) is 11.4 Å². The highest BCUT2D eigenvalue weighted by atomic mass is 32.1. The molecule has 138 valence electrons. The maximum absolute atomic E-state index is 13.1. The number of rotatable bonds is 5. The van der Waals surface area contributed by atoms with E-state index in [0.717, 1.165) is 11.4 Å². The standard InChI is InChI=1S/C20H18FN3O2S/c21-15-5-3-14(4-6-15)11-24-12-17-18(26-13-20(24)25)7-8-19(23-17)22-10-16-2-1-9-27-16/h1-9H,10-13H2,(H,22,23). The lowest BCUT2D eigenvalue weighted by Crippen LogP contribution is -2.32. The largest absolute Gasteiger partial charge is 0.482 e. The fourth-order valence-corrected chi connectivity index (χ4v) is 3.52. The summed E-state index contributed by atoms with van der Waals surface area (Å²) >= 11 is 1.68. The summed E-state index contributed by atoms with van der Waals surface area (Å²) in [6, 6.07) is 13.9. The van der Waals surface area contributed by atoms with Crippen LogP contribution in [-0.2, 0) is 24.4 Å². The average molecular weight is 383 g/mol. The molecule has 4 rings (SSSR count). The van der Waals surface area contributed by atoms with Crippen LogP contribution in [0.25, 0.3) is 0 Å². The van der Waals surface area contributed by atoms with Crippen LogP contribution in [0.2, 0.25) is 0 Å². The number of fused-ring (bicyclic) bond motifs is 1. The second kappa shape index (κ2) is 7.75. The predicted octanol–water partition coefficient (Wildman–Crippen LogP) is 3.82. The number of nitrogens with zero attached hydrogens (tertiary/aromatic N) is 2. The third-order valence-corrected chi connectivity index (χ3v) is 5.16. The van der Waals surface area contributed by atoms with Crippen LogP contribution in [0.1, 0.15) is 16.1 Å². The zero-order valence-electron chi connectivity index (χ0n) is 14.5. The van der Waals surface area contributed by atoms with Crippen LogP contribution in [0.4, 0.5) is 10.2 Å². The molecule has 0 fully saturated rings. The summed E-state index contributed by atoms with van der Waals surface area (Å²) in [5.41, 5.74) is 1.57. The van der Waals surface area contributed by atoms with Crippen molar-refractivity contribution in [2.75, 3.05) is 11.9 Å². The number of pyridine rings is 1. The summed E-state index contributed by atoms with van der Waals surface area (Å²) in [5, 5.41) is 5.33. The minimum Gasteiger partial charge on any atom is -0.482 e. The Hall–Kier alpha value is -2.93. The summed E-state index contributed by atoms with van der Waals surface area (Å²) in [7, 11) is 0. The predicted molar refractivity (Wildman–Crippen MR) is 102 cm³/mol. The molecule has 3 heterocycles. The van der Waals surface area contributed by atoms with Gasteiger partial charge in [-0.2, -0.15) is 0 Å². The van der Waals surface area contributed by atoms with E-state index in [4.69, 9.17) is 4.74 Å². The summed E-state index contributed by atoms with van der Waals surface area (Å²) in [5.74, 6) is 0.941. The summed E-state index contributed by atoms with van der Waals surface area (Å²) in [4.78, 5) is 19.9. The zero-order chi connectivity index (χ0) is 18.6. The first-order valence-corrected chi connectivity index (χ1v) is 9.46. The van der Waals surface area contributed by atoms with E-state index in [1.54, 1.807) is 28.4 Å². The number of halogens is 1. The molecule has 27 heavy (non-hydrogen) atoms. The van der Waals surface area contributed by atoms with E-state index in [0.29, 0.717) is 31.1 Å². The number of amides is 1. The lowest BCUT2D eigenvalue weighted by Gasteiger charge is -2.20. The monoisotopic (exact) mass is 383 g/mol. The van der Waals surface area contributed by atoms with Gasteiger partial charge in [0.2, 0.25) is 0 Å². The zero-order valence-corrected chi connectivity index (χ0v) is 15.3. The van der Waals surface area contributed by atoms with E-state index in [1.165, 1.54) is 17.0 Å². The van der Waals surface area contributed by atoms with Crippen LogP contribution in [0.15, 0.2) is 53.9 Å². The lowest BCUT2D eigenvalue weighted by atomic mass is 10.2. The molecule has 0 spiro atoms. The van der Waals surface area contributed by atoms with Crippen LogP contribution in [0.3, 0.4) is 0 Å². The average Bonchev–Trinajstić information content (AvgIpc) is 3.15. The summed E-state index contributed by atoms with van der Waals surface area (Å²) < 4.78 is 18.7. The van der Waals surface area contributed by atoms with E-state index in [-0.39, 0.29) is 18.3 Å². The molecule has 0 saturated heterocycles. The molecule has 0 aliphatic carbocycles. The van der Waals surface area contributed by atoms with Crippen molar-refractivity contribution < 1.29 is 13.9 Å². The summed E-state index contributed by atoms with van der Waals surface area (Å²) in [6.07, 6.45) is 0. The van der Waals surface area contributed by atoms with Crippen molar-refractivity contribution in [3.63, 3.8) is 0 Å². The smallest absolute Gasteiger partial charge is 0.261 e. The number of carbonyl (C=O) groups excluding carboxylic acids is 1. The number of nitrogens with one attached hydrogen (secondary N) is 1. The molecule has 0 saturated carbocycles. The van der Waals surface area contributed by atoms with Gasteiger partial charge >= 0.3 is 0 Å². The maximum atomic E-state index is 13.1. The molecule has 1 aliphatic rings. The van der Waals surface area contributed by atoms with Gasteiger partial charge in [0.05, 0.1) is 13.1 Å². The molecule has 0 radical (unpaired) electrons. The molecule has 1 aromatic carbocycles. The number of carbonyl (C=O) groups is 1. The molecule has 0 unspecified atom stereocenters. The van der Waals surface area contributed by atoms with E-state index >= 15 is 0 Å². The SMILES string of the molecule is O=C1COc2ccc(NCc3cccs3)nc2CN1Cc1ccc(F)cc1. The van der Waals surface area contributed by atoms with Crippen LogP contribution in [-0.4, -0.2) is 22.4 Å². The van der Waals surface area contributed by atoms with Gasteiger partial charge in [-0.25, -0.2) is 9.37 Å². The number of hydrogen-bond acceptors (Lipinski definition) is 5. The fourth-order valence-electron chi connectivity index (χ4n) is 2.88. The number of thiophene rings is 1. The normalized spacial score (nSPS) is 13.7. The molecule has 1 amide bonds. The number of ether oxygens (including phenoxy) is 1. The second-order valence-electron chi connectivity index (χ2n) is 6.24. The third-order valence-electron chi connectivity index (χ3n) is 4.29. The summed E-state index contributed by atoms with van der Waals surface area (Å²) in [6.45, 7) is 1.40. The van der Waals surface area contributed by atoms with Crippen molar-refractivity contribution in [3.8, 4) is 5.75 Å². The van der Waals surface area contributed by atoms with Crippen molar-refractivity contribution in [2.45, 2.75) is 19.6 Å². The number of anilines is 1. The Labute approximate surface area is 160 Å². The van der Waals surface area contributed by atoms with Crippen molar-refractivity contribution in [1.82, 2.24) is 9.88 Å². The third kappa shape index (κ3) is 4.25. The van der Waals surface area contributed by atoms with Gasteiger partial charge in [-0.3, -0.25) is 4.79 Å². The maximum Gasteiger partial charge on any atom is 0.261 e. The highest BCUT2D eigenvalue weighted by Crippen LogP contribution is 2.25. The Kier molecular flexibility index (Phi) is 5.02. The minimum absolute atomic E-state index is 0.0299. The van der Waals surface area contributed by atoms with Crippen molar-refractivity contribution in [3.05, 3.63) is 75.9 Å². The number of benzene rings is 1. The number of aromatic nitrogens is 1. The first-order valence-electron chi connectivity index (χ1n) is 8.58. The second-order valence-corrected chi connectivity index (χ2v) is 7.27. The van der Waals surface area contributed by atoms with Gasteiger partial charge in [0.25, 0.3) is 5.91 Å². The topological polar surface area (TPSA) is 54.5 Å². The first kappa shape index (κ1) is 17.5. The van der Waals surface area contributed by atoms with Gasteiger partial charge in [-0.05, 0) is 41.3 Å². The molecule has 2 aromatic heterocycles. The molecular formula is C20H18FN3O2S. The van der Waals surface area contributed by atoms with Crippen LogP contribution >= 0.6 is 11.3 Å². The minimum atomic E-state index is -0.294. The molecule has 7 heteroatoms. The van der Waals surface area contributed by atoms with Crippen molar-refractivity contribution in [2.24, 2.45) is 0 Å². The van der Waals surface area contributed by atoms with Crippen LogP contribution in [0.5, 0.6) is 5.75 Å². The van der Waals surface area contributed by atoms with E-state index in [9.17, 15) is 9.18 Å². The fraction of sp³-hybridized carbons (Fsp3) is 0.200. The molecule has 1 N–H and O–H groups in total. The molecule has 1 aliphatic heterocycles. The van der Waals surface area contributed by atoms with Crippen LogP contribution in [0, 0.1) is 5.82 Å². The van der Waals surface area contributed by atoms with Gasteiger partial charge in [-0.15, -0.1) is 11.3 Å². The van der Waals surface area contributed by atoms with Crippen molar-refractivity contribution in [1.29, 1.82) is 0 Å². The van der Waals surface area contributed by atoms with E-state index < -0.39 is 0 Å². The first-order chi connectivity index (χ1) is 13.2.